The van der Waals surface area contributed by atoms with Gasteiger partial charge >= 0.3 is 0 Å². The number of amides is 1. The summed E-state index contributed by atoms with van der Waals surface area (Å²) in [5.41, 5.74) is 0.582. The van der Waals surface area contributed by atoms with Crippen molar-refractivity contribution in [1.82, 2.24) is 14.9 Å². The third-order valence-electron chi connectivity index (χ3n) is 5.84. The van der Waals surface area contributed by atoms with Gasteiger partial charge in [-0.15, -0.1) is 0 Å². The van der Waals surface area contributed by atoms with E-state index >= 15 is 0 Å². The van der Waals surface area contributed by atoms with E-state index in [2.05, 4.69) is 10.6 Å². The molecule has 0 aliphatic carbocycles. The van der Waals surface area contributed by atoms with E-state index < -0.39 is 20.0 Å². The summed E-state index contributed by atoms with van der Waals surface area (Å²) in [5, 5.41) is 5.80. The molecule has 1 amide bonds. The molecule has 2 aliphatic rings. The summed E-state index contributed by atoms with van der Waals surface area (Å²) in [7, 11) is -5.41. The molecule has 30 heavy (non-hydrogen) atoms. The summed E-state index contributed by atoms with van der Waals surface area (Å²) in [6.45, 7) is 2.19. The molecule has 0 saturated carbocycles. The van der Waals surface area contributed by atoms with Gasteiger partial charge in [0.15, 0.2) is 0 Å². The number of piperidine rings is 2. The Morgan fingerprint density at radius 2 is 1.67 bits per heavy atom. The molecule has 3 rings (SSSR count). The van der Waals surface area contributed by atoms with Gasteiger partial charge in [-0.2, -0.15) is 0 Å². The zero-order chi connectivity index (χ0) is 21.9. The lowest BCUT2D eigenvalue weighted by atomic mass is 10.1. The van der Waals surface area contributed by atoms with Crippen LogP contribution >= 0.6 is 0 Å². The molecular weight excluding hydrogens is 428 g/mol. The number of carbonyl (C=O) groups is 1. The van der Waals surface area contributed by atoms with Crippen molar-refractivity contribution in [1.29, 1.82) is 0 Å². The molecule has 11 heteroatoms. The zero-order valence-electron chi connectivity index (χ0n) is 17.4. The van der Waals surface area contributed by atoms with Gasteiger partial charge in [0.1, 0.15) is 0 Å². The molecule has 0 spiro atoms. The fraction of sp³-hybridized carbons (Fsp3) is 0.632. The highest BCUT2D eigenvalue weighted by atomic mass is 32.2. The van der Waals surface area contributed by atoms with Crippen molar-refractivity contribution in [3.8, 4) is 0 Å². The molecule has 9 nitrogen and oxygen atoms in total. The summed E-state index contributed by atoms with van der Waals surface area (Å²) < 4.78 is 52.1. The van der Waals surface area contributed by atoms with Crippen LogP contribution in [0.15, 0.2) is 24.3 Å². The molecule has 2 heterocycles. The number of carbonyl (C=O) groups excluding carboxylic acids is 1. The van der Waals surface area contributed by atoms with Crippen LogP contribution < -0.4 is 14.9 Å². The van der Waals surface area contributed by atoms with Gasteiger partial charge in [-0.1, -0.05) is 12.1 Å². The van der Waals surface area contributed by atoms with E-state index in [9.17, 15) is 21.6 Å². The first-order valence-electron chi connectivity index (χ1n) is 10.1. The van der Waals surface area contributed by atoms with E-state index in [-0.39, 0.29) is 22.8 Å². The average molecular weight is 459 g/mol. The summed E-state index contributed by atoms with van der Waals surface area (Å²) in [5.74, 6) is -0.360. The first-order valence-corrected chi connectivity index (χ1v) is 13.5. The Labute approximate surface area is 178 Å². The predicted molar refractivity (Wildman–Crippen MR) is 117 cm³/mol. The van der Waals surface area contributed by atoms with Crippen LogP contribution in [-0.4, -0.2) is 77.8 Å². The minimum Gasteiger partial charge on any atom is -0.349 e. The lowest BCUT2D eigenvalue weighted by Gasteiger charge is -2.35. The topological polar surface area (TPSA) is 116 Å². The predicted octanol–water partition coefficient (Wildman–Crippen LogP) is 0.358. The fourth-order valence-corrected chi connectivity index (χ4v) is 6.43. The SMILES string of the molecule is CN(c1ccccc1C(=O)NC1CCN(S(=O)(=O)C2CCNCC2)CC1)S(C)(=O)=O. The average Bonchev–Trinajstić information content (AvgIpc) is 2.73. The quantitative estimate of drug-likeness (QED) is 0.636. The van der Waals surface area contributed by atoms with E-state index in [1.54, 1.807) is 28.6 Å². The highest BCUT2D eigenvalue weighted by molar-refractivity contribution is 7.92. The fourth-order valence-electron chi connectivity index (χ4n) is 3.94. The second-order valence-corrected chi connectivity index (χ2v) is 12.1. The lowest BCUT2D eigenvalue weighted by molar-refractivity contribution is 0.0924. The first-order chi connectivity index (χ1) is 14.1. The summed E-state index contributed by atoms with van der Waals surface area (Å²) in [4.78, 5) is 12.8. The lowest BCUT2D eigenvalue weighted by Crippen LogP contribution is -2.50. The number of benzene rings is 1. The Bertz CT molecular complexity index is 966. The number of para-hydroxylation sites is 1. The van der Waals surface area contributed by atoms with Crippen LogP contribution in [0.4, 0.5) is 5.69 Å². The molecule has 0 radical (unpaired) electrons. The van der Waals surface area contributed by atoms with Gasteiger partial charge in [0.05, 0.1) is 22.8 Å². The molecule has 1 aromatic carbocycles. The number of rotatable bonds is 6. The van der Waals surface area contributed by atoms with Crippen molar-refractivity contribution in [2.75, 3.05) is 43.8 Å². The maximum atomic E-state index is 12.9. The minimum absolute atomic E-state index is 0.159. The molecule has 0 unspecified atom stereocenters. The number of hydrogen-bond acceptors (Lipinski definition) is 6. The third-order valence-corrected chi connectivity index (χ3v) is 9.43. The number of nitrogens with one attached hydrogen (secondary N) is 2. The zero-order valence-corrected chi connectivity index (χ0v) is 19.0. The molecule has 2 saturated heterocycles. The van der Waals surface area contributed by atoms with E-state index in [1.807, 2.05) is 0 Å². The Morgan fingerprint density at radius 1 is 1.07 bits per heavy atom. The Balaban J connectivity index is 1.63. The van der Waals surface area contributed by atoms with Crippen molar-refractivity contribution in [3.05, 3.63) is 29.8 Å². The van der Waals surface area contributed by atoms with Gasteiger partial charge in [-0.05, 0) is 50.9 Å². The second kappa shape index (κ2) is 9.21. The Kier molecular flexibility index (Phi) is 7.05. The molecule has 168 valence electrons. The third kappa shape index (κ3) is 5.13. The van der Waals surface area contributed by atoms with Gasteiger partial charge < -0.3 is 10.6 Å². The molecule has 2 fully saturated rings. The summed E-state index contributed by atoms with van der Waals surface area (Å²) >= 11 is 0. The van der Waals surface area contributed by atoms with Crippen molar-refractivity contribution < 1.29 is 21.6 Å². The maximum Gasteiger partial charge on any atom is 0.253 e. The van der Waals surface area contributed by atoms with Crippen LogP contribution in [0.2, 0.25) is 0 Å². The molecule has 2 aliphatic heterocycles. The van der Waals surface area contributed by atoms with Crippen LogP contribution in [0, 0.1) is 0 Å². The molecule has 1 aromatic rings. The Hall–Kier alpha value is -1.69. The Morgan fingerprint density at radius 3 is 2.27 bits per heavy atom. The van der Waals surface area contributed by atoms with Gasteiger partial charge in [0.25, 0.3) is 5.91 Å². The highest BCUT2D eigenvalue weighted by Gasteiger charge is 2.35. The smallest absolute Gasteiger partial charge is 0.253 e. The normalized spacial score (nSPS) is 20.1. The second-order valence-electron chi connectivity index (χ2n) is 7.89. The van der Waals surface area contributed by atoms with Crippen molar-refractivity contribution in [3.63, 3.8) is 0 Å². The molecule has 0 aromatic heterocycles. The van der Waals surface area contributed by atoms with Crippen LogP contribution in [0.25, 0.3) is 0 Å². The number of hydrogen-bond donors (Lipinski definition) is 2. The molecular formula is C19H30N4O5S2. The van der Waals surface area contributed by atoms with E-state index in [0.717, 1.165) is 23.7 Å². The maximum absolute atomic E-state index is 12.9. The number of nitrogens with zero attached hydrogens (tertiary/aromatic N) is 2. The van der Waals surface area contributed by atoms with E-state index in [4.69, 9.17) is 0 Å². The summed E-state index contributed by atoms with van der Waals surface area (Å²) in [6, 6.07) is 6.38. The van der Waals surface area contributed by atoms with Crippen LogP contribution in [0.5, 0.6) is 0 Å². The monoisotopic (exact) mass is 458 g/mol. The van der Waals surface area contributed by atoms with Gasteiger partial charge in [0.2, 0.25) is 20.0 Å². The number of anilines is 1. The molecule has 0 atom stereocenters. The van der Waals surface area contributed by atoms with E-state index in [0.29, 0.717) is 44.5 Å². The number of sulfonamides is 2. The van der Waals surface area contributed by atoms with Gasteiger partial charge in [-0.3, -0.25) is 9.10 Å². The van der Waals surface area contributed by atoms with Crippen molar-refractivity contribution in [2.45, 2.75) is 37.0 Å². The molecule has 0 bridgehead atoms. The van der Waals surface area contributed by atoms with Crippen molar-refractivity contribution >= 4 is 31.6 Å². The first kappa shape index (κ1) is 23.0. The minimum atomic E-state index is -3.50. The van der Waals surface area contributed by atoms with Gasteiger partial charge in [-0.25, -0.2) is 21.1 Å². The summed E-state index contributed by atoms with van der Waals surface area (Å²) in [6.07, 6.45) is 3.40. The van der Waals surface area contributed by atoms with Crippen LogP contribution in [0.3, 0.4) is 0 Å². The highest BCUT2D eigenvalue weighted by Crippen LogP contribution is 2.24. The van der Waals surface area contributed by atoms with Crippen LogP contribution in [-0.2, 0) is 20.0 Å². The van der Waals surface area contributed by atoms with Gasteiger partial charge in [0, 0.05) is 26.2 Å². The molecule has 2 N–H and O–H groups in total. The van der Waals surface area contributed by atoms with Crippen LogP contribution in [0.1, 0.15) is 36.0 Å². The largest absolute Gasteiger partial charge is 0.349 e. The standard InChI is InChI=1S/C19H30N4O5S2/c1-22(29(2,25)26)18-6-4-3-5-17(18)19(24)21-15-9-13-23(14-10-15)30(27,28)16-7-11-20-12-8-16/h3-6,15-16,20H,7-14H2,1-2H3,(H,21,24). The van der Waals surface area contributed by atoms with Crippen molar-refractivity contribution in [2.24, 2.45) is 0 Å². The van der Waals surface area contributed by atoms with E-state index in [1.165, 1.54) is 7.05 Å².